The molecule has 1 saturated carbocycles. The summed E-state index contributed by atoms with van der Waals surface area (Å²) < 4.78 is 41.7. The van der Waals surface area contributed by atoms with E-state index in [0.29, 0.717) is 18.7 Å². The Morgan fingerprint density at radius 2 is 1.92 bits per heavy atom. The first kappa shape index (κ1) is 28.4. The lowest BCUT2D eigenvalue weighted by Crippen LogP contribution is -2.51. The van der Waals surface area contributed by atoms with Crippen LogP contribution in [0.15, 0.2) is 12.1 Å². The Morgan fingerprint density at radius 3 is 2.46 bits per heavy atom. The van der Waals surface area contributed by atoms with E-state index in [4.69, 9.17) is 0 Å². The SMILES string of the molecule is CC(C)(C)C[C@H](NC(=O)c1cc2c(C(F)(F)F)cc(C3(C)CC3)nc2[nH]1)C(=O)N[C@H](C#N)C[C@@H]1CCNC1=O. The molecule has 1 saturated heterocycles. The van der Waals surface area contributed by atoms with E-state index >= 15 is 0 Å². The van der Waals surface area contributed by atoms with Gasteiger partial charge in [-0.1, -0.05) is 27.7 Å². The van der Waals surface area contributed by atoms with Crippen molar-refractivity contribution in [2.45, 2.75) is 83.5 Å². The normalized spacial score (nSPS) is 20.2. The number of amides is 3. The zero-order valence-corrected chi connectivity index (χ0v) is 22.4. The van der Waals surface area contributed by atoms with Crippen LogP contribution in [0.5, 0.6) is 0 Å². The summed E-state index contributed by atoms with van der Waals surface area (Å²) in [4.78, 5) is 45.4. The van der Waals surface area contributed by atoms with Crippen molar-refractivity contribution in [3.63, 3.8) is 0 Å². The molecule has 4 N–H and O–H groups in total. The molecule has 0 unspecified atom stereocenters. The van der Waals surface area contributed by atoms with Crippen LogP contribution in [0.3, 0.4) is 0 Å². The molecule has 210 valence electrons. The lowest BCUT2D eigenvalue weighted by Gasteiger charge is -2.27. The Morgan fingerprint density at radius 1 is 1.23 bits per heavy atom. The summed E-state index contributed by atoms with van der Waals surface area (Å²) in [7, 11) is 0. The van der Waals surface area contributed by atoms with Gasteiger partial charge in [0.15, 0.2) is 0 Å². The van der Waals surface area contributed by atoms with Crippen LogP contribution in [0, 0.1) is 22.7 Å². The molecule has 0 radical (unpaired) electrons. The molecule has 0 bridgehead atoms. The molecule has 2 fully saturated rings. The van der Waals surface area contributed by atoms with Gasteiger partial charge in [0.25, 0.3) is 5.91 Å². The van der Waals surface area contributed by atoms with E-state index in [1.165, 1.54) is 0 Å². The number of carbonyl (C=O) groups excluding carboxylic acids is 3. The number of hydrogen-bond acceptors (Lipinski definition) is 5. The molecule has 0 spiro atoms. The van der Waals surface area contributed by atoms with Crippen molar-refractivity contribution in [3.05, 3.63) is 29.1 Å². The third kappa shape index (κ3) is 6.52. The first-order valence-electron chi connectivity index (χ1n) is 13.0. The molecule has 0 aromatic carbocycles. The van der Waals surface area contributed by atoms with Crippen molar-refractivity contribution in [2.75, 3.05) is 6.54 Å². The Labute approximate surface area is 224 Å². The summed E-state index contributed by atoms with van der Waals surface area (Å²) in [6, 6.07) is 2.13. The number of hydrogen-bond donors (Lipinski definition) is 4. The molecule has 2 aromatic rings. The van der Waals surface area contributed by atoms with E-state index in [2.05, 4.69) is 25.9 Å². The van der Waals surface area contributed by atoms with Crippen LogP contribution < -0.4 is 16.0 Å². The number of nitrogens with one attached hydrogen (secondary N) is 4. The van der Waals surface area contributed by atoms with E-state index < -0.39 is 52.4 Å². The number of alkyl halides is 3. The standard InChI is InChI=1S/C27H33F3N6O3/c1-25(2,3)12-19(24(39)33-15(13-31)9-14-5-8-32-22(14)37)35-23(38)18-10-16-17(27(28,29)30)11-20(26(4)6-7-26)36-21(16)34-18/h10-11,14-15,19H,5-9,12H2,1-4H3,(H,32,37)(H,33,39)(H,34,36)(H,35,38)/t14-,15-,19-/m0/s1. The van der Waals surface area contributed by atoms with Crippen molar-refractivity contribution in [2.24, 2.45) is 11.3 Å². The monoisotopic (exact) mass is 546 g/mol. The highest BCUT2D eigenvalue weighted by atomic mass is 19.4. The summed E-state index contributed by atoms with van der Waals surface area (Å²) in [6.07, 6.45) is -2.29. The number of aromatic nitrogens is 2. The number of carbonyl (C=O) groups is 3. The summed E-state index contributed by atoms with van der Waals surface area (Å²) in [5.74, 6) is -1.95. The Kier molecular flexibility index (Phi) is 7.40. The second-order valence-electron chi connectivity index (χ2n) is 12.1. The second-order valence-corrected chi connectivity index (χ2v) is 12.1. The number of nitrogens with zero attached hydrogens (tertiary/aromatic N) is 2. The zero-order chi connectivity index (χ0) is 28.8. The molecule has 3 atom stereocenters. The van der Waals surface area contributed by atoms with Crippen LogP contribution in [-0.4, -0.2) is 46.3 Å². The minimum absolute atomic E-state index is 0.0469. The van der Waals surface area contributed by atoms with E-state index in [1.807, 2.05) is 33.8 Å². The predicted octanol–water partition coefficient (Wildman–Crippen LogP) is 3.70. The molecular weight excluding hydrogens is 513 g/mol. The summed E-state index contributed by atoms with van der Waals surface area (Å²) >= 11 is 0. The van der Waals surface area contributed by atoms with Gasteiger partial charge in [0.2, 0.25) is 11.8 Å². The zero-order valence-electron chi connectivity index (χ0n) is 22.4. The molecule has 12 heteroatoms. The highest BCUT2D eigenvalue weighted by Gasteiger charge is 2.43. The van der Waals surface area contributed by atoms with Gasteiger partial charge in [-0.25, -0.2) is 4.98 Å². The predicted molar refractivity (Wildman–Crippen MR) is 136 cm³/mol. The van der Waals surface area contributed by atoms with Gasteiger partial charge in [0.1, 0.15) is 23.4 Å². The highest BCUT2D eigenvalue weighted by molar-refractivity contribution is 6.00. The smallest absolute Gasteiger partial charge is 0.356 e. The van der Waals surface area contributed by atoms with Crippen LogP contribution >= 0.6 is 0 Å². The van der Waals surface area contributed by atoms with E-state index in [9.17, 15) is 32.8 Å². The molecule has 39 heavy (non-hydrogen) atoms. The van der Waals surface area contributed by atoms with Gasteiger partial charge in [-0.15, -0.1) is 0 Å². The van der Waals surface area contributed by atoms with Crippen LogP contribution in [0.4, 0.5) is 13.2 Å². The highest BCUT2D eigenvalue weighted by Crippen LogP contribution is 2.48. The fourth-order valence-corrected chi connectivity index (χ4v) is 4.84. The van der Waals surface area contributed by atoms with Gasteiger partial charge in [0.05, 0.1) is 11.6 Å². The second kappa shape index (κ2) is 10.2. The topological polar surface area (TPSA) is 140 Å². The maximum Gasteiger partial charge on any atom is 0.417 e. The van der Waals surface area contributed by atoms with Crippen molar-refractivity contribution >= 4 is 28.8 Å². The van der Waals surface area contributed by atoms with Gasteiger partial charge in [0, 0.05) is 29.0 Å². The molecule has 4 rings (SSSR count). The number of aromatic amines is 1. The third-order valence-electron chi connectivity index (χ3n) is 7.36. The van der Waals surface area contributed by atoms with Crippen LogP contribution in [0.1, 0.15) is 81.5 Å². The van der Waals surface area contributed by atoms with E-state index in [-0.39, 0.29) is 35.5 Å². The minimum atomic E-state index is -4.64. The average molecular weight is 547 g/mol. The number of halogens is 3. The minimum Gasteiger partial charge on any atom is -0.356 e. The number of rotatable bonds is 8. The summed E-state index contributed by atoms with van der Waals surface area (Å²) in [5, 5.41) is 17.3. The van der Waals surface area contributed by atoms with E-state index in [0.717, 1.165) is 25.0 Å². The average Bonchev–Trinajstić information content (AvgIpc) is 3.24. The molecular formula is C27H33F3N6O3. The van der Waals surface area contributed by atoms with Gasteiger partial charge in [-0.2, -0.15) is 18.4 Å². The van der Waals surface area contributed by atoms with Crippen LogP contribution in [0.2, 0.25) is 0 Å². The maximum atomic E-state index is 13.9. The van der Waals surface area contributed by atoms with Crippen molar-refractivity contribution in [1.82, 2.24) is 25.9 Å². The molecule has 3 amide bonds. The van der Waals surface area contributed by atoms with Crippen LogP contribution in [-0.2, 0) is 21.2 Å². The van der Waals surface area contributed by atoms with Gasteiger partial charge in [-0.05, 0) is 49.7 Å². The quantitative estimate of drug-likeness (QED) is 0.400. The lowest BCUT2D eigenvalue weighted by molar-refractivity contribution is -0.136. The molecule has 1 aliphatic carbocycles. The molecule has 2 aliphatic rings. The maximum absolute atomic E-state index is 13.9. The molecule has 2 aromatic heterocycles. The first-order chi connectivity index (χ1) is 18.1. The van der Waals surface area contributed by atoms with Gasteiger partial charge < -0.3 is 20.9 Å². The number of pyridine rings is 1. The Bertz CT molecular complexity index is 1330. The first-order valence-corrected chi connectivity index (χ1v) is 13.0. The van der Waals surface area contributed by atoms with Crippen molar-refractivity contribution in [3.8, 4) is 6.07 Å². The largest absolute Gasteiger partial charge is 0.417 e. The van der Waals surface area contributed by atoms with E-state index in [1.54, 1.807) is 0 Å². The number of fused-ring (bicyclic) bond motifs is 1. The molecule has 1 aliphatic heterocycles. The van der Waals surface area contributed by atoms with Crippen molar-refractivity contribution in [1.29, 1.82) is 5.26 Å². The summed E-state index contributed by atoms with van der Waals surface area (Å²) in [5.41, 5.74) is -1.60. The fraction of sp³-hybridized carbons (Fsp3) is 0.593. The van der Waals surface area contributed by atoms with Gasteiger partial charge >= 0.3 is 6.18 Å². The Hall–Kier alpha value is -3.62. The van der Waals surface area contributed by atoms with Crippen LogP contribution in [0.25, 0.3) is 11.0 Å². The lowest BCUT2D eigenvalue weighted by atomic mass is 9.87. The number of H-pyrrole nitrogens is 1. The fourth-order valence-electron chi connectivity index (χ4n) is 4.84. The van der Waals surface area contributed by atoms with Crippen molar-refractivity contribution < 1.29 is 27.6 Å². The van der Waals surface area contributed by atoms with Gasteiger partial charge in [-0.3, -0.25) is 14.4 Å². The molecule has 3 heterocycles. The summed E-state index contributed by atoms with van der Waals surface area (Å²) in [6.45, 7) is 7.96. The molecule has 9 nitrogen and oxygen atoms in total. The third-order valence-corrected chi connectivity index (χ3v) is 7.36. The Balaban J connectivity index is 1.57. The number of nitriles is 1.